The van der Waals surface area contributed by atoms with Crippen LogP contribution in [0.3, 0.4) is 0 Å². The van der Waals surface area contributed by atoms with Crippen molar-refractivity contribution in [2.75, 3.05) is 35.7 Å². The number of hydrogen-bond donors (Lipinski definition) is 0. The summed E-state index contributed by atoms with van der Waals surface area (Å²) in [6.07, 6.45) is 2.10. The lowest BCUT2D eigenvalue weighted by Gasteiger charge is -2.31. The smallest absolute Gasteiger partial charge is 0.0840 e. The Morgan fingerprint density at radius 2 is 1.50 bits per heavy atom. The molecule has 0 saturated heterocycles. The van der Waals surface area contributed by atoms with Crippen LogP contribution in [0.5, 0.6) is 0 Å². The van der Waals surface area contributed by atoms with Gasteiger partial charge in [-0.2, -0.15) is 5.10 Å². The first-order valence-corrected chi connectivity index (χ1v) is 12.2. The van der Waals surface area contributed by atoms with Crippen LogP contribution in [0.25, 0.3) is 0 Å². The summed E-state index contributed by atoms with van der Waals surface area (Å²) in [5, 5.41) is 7.56. The summed E-state index contributed by atoms with van der Waals surface area (Å²) in [6, 6.07) is 28.2. The lowest BCUT2D eigenvalue weighted by atomic mass is 9.84. The first-order chi connectivity index (χ1) is 15.4. The van der Waals surface area contributed by atoms with Gasteiger partial charge in [0.15, 0.2) is 0 Å². The highest BCUT2D eigenvalue weighted by Crippen LogP contribution is 2.59. The summed E-state index contributed by atoms with van der Waals surface area (Å²) >= 11 is 0. The van der Waals surface area contributed by atoms with Crippen LogP contribution in [0.2, 0.25) is 0 Å². The van der Waals surface area contributed by atoms with Crippen LogP contribution in [0.1, 0.15) is 19.4 Å². The summed E-state index contributed by atoms with van der Waals surface area (Å²) < 4.78 is 2.22. The highest BCUT2D eigenvalue weighted by Gasteiger charge is 2.44. The van der Waals surface area contributed by atoms with Gasteiger partial charge in [-0.15, -0.1) is 0 Å². The monoisotopic (exact) mass is 440 g/mol. The quantitative estimate of drug-likeness (QED) is 0.472. The molecule has 5 rings (SSSR count). The van der Waals surface area contributed by atoms with E-state index in [2.05, 4.69) is 135 Å². The first-order valence-electron chi connectivity index (χ1n) is 10.9. The third-order valence-corrected chi connectivity index (χ3v) is 8.70. The predicted octanol–water partition coefficient (Wildman–Crippen LogP) is 5.92. The molecule has 162 valence electrons. The van der Waals surface area contributed by atoms with Crippen molar-refractivity contribution in [3.8, 4) is 0 Å². The zero-order chi connectivity index (χ0) is 22.5. The number of hydrazone groups is 1. The Hall–Kier alpha value is -3.10. The summed E-state index contributed by atoms with van der Waals surface area (Å²) in [5.41, 5.74) is 6.22. The van der Waals surface area contributed by atoms with E-state index < -0.39 is 8.07 Å². The number of para-hydroxylation sites is 2. The largest absolute Gasteiger partial charge is 0.378 e. The molecule has 5 heteroatoms. The minimum atomic E-state index is -0.843. The van der Waals surface area contributed by atoms with Gasteiger partial charge in [-0.25, -0.2) is 4.78 Å². The Balaban J connectivity index is 1.69. The van der Waals surface area contributed by atoms with Crippen LogP contribution in [-0.4, -0.2) is 27.4 Å². The van der Waals surface area contributed by atoms with Crippen molar-refractivity contribution in [1.82, 2.24) is 0 Å². The van der Waals surface area contributed by atoms with Gasteiger partial charge in [0, 0.05) is 54.2 Å². The van der Waals surface area contributed by atoms with Crippen LogP contribution in [0, 0.1) is 0 Å². The molecule has 1 unspecified atom stereocenters. The molecular weight excluding hydrogens is 411 g/mol. The molecule has 0 aromatic heterocycles. The van der Waals surface area contributed by atoms with Gasteiger partial charge in [0.1, 0.15) is 0 Å². The SMILES string of the molecule is CN(C)c1ccc(P2/C(=C3/N(C)c4ccccc4C3(C)C)C=NN2c2ccccc2)cc1. The Labute approximate surface area is 192 Å². The molecule has 0 fully saturated rings. The lowest BCUT2D eigenvalue weighted by Crippen LogP contribution is -2.26. The average Bonchev–Trinajstić information content (AvgIpc) is 3.31. The van der Waals surface area contributed by atoms with E-state index in [9.17, 15) is 0 Å². The van der Waals surface area contributed by atoms with Crippen LogP contribution < -0.4 is 19.9 Å². The van der Waals surface area contributed by atoms with Crippen molar-refractivity contribution in [2.45, 2.75) is 19.3 Å². The van der Waals surface area contributed by atoms with Crippen LogP contribution in [0.4, 0.5) is 17.1 Å². The zero-order valence-corrected chi connectivity index (χ0v) is 20.2. The van der Waals surface area contributed by atoms with Crippen molar-refractivity contribution in [1.29, 1.82) is 0 Å². The normalized spacial score (nSPS) is 21.2. The van der Waals surface area contributed by atoms with E-state index in [1.165, 1.54) is 33.3 Å². The maximum absolute atomic E-state index is 4.95. The molecule has 2 aliphatic heterocycles. The molecule has 3 aromatic rings. The molecule has 1 atom stereocenters. The molecule has 0 amide bonds. The molecule has 0 aliphatic carbocycles. The molecule has 0 bridgehead atoms. The standard InChI is InChI=1S/C27H29N4P/c1-27(2)23-13-9-10-14-24(23)30(5)26(27)25-19-28-31(21-11-7-6-8-12-21)32(25)22-17-15-20(16-18-22)29(3)4/h6-19H,1-5H3/b26-25+. The van der Waals surface area contributed by atoms with Gasteiger partial charge in [-0.1, -0.05) is 62.4 Å². The number of allylic oxidation sites excluding steroid dienone is 2. The van der Waals surface area contributed by atoms with E-state index in [0.29, 0.717) is 0 Å². The van der Waals surface area contributed by atoms with Crippen LogP contribution in [-0.2, 0) is 5.41 Å². The van der Waals surface area contributed by atoms with E-state index in [4.69, 9.17) is 5.10 Å². The fraction of sp³-hybridized carbons (Fsp3) is 0.222. The number of likely N-dealkylation sites (N-methyl/N-ethyl adjacent to an activating group) is 1. The van der Waals surface area contributed by atoms with Gasteiger partial charge in [-0.05, 0) is 35.9 Å². The fourth-order valence-corrected chi connectivity index (χ4v) is 7.26. The highest BCUT2D eigenvalue weighted by atomic mass is 31.1. The molecule has 32 heavy (non-hydrogen) atoms. The molecular formula is C27H29N4P. The average molecular weight is 441 g/mol. The molecule has 2 heterocycles. The van der Waals surface area contributed by atoms with Crippen molar-refractivity contribution in [2.24, 2.45) is 5.10 Å². The minimum Gasteiger partial charge on any atom is -0.378 e. The molecule has 4 nitrogen and oxygen atoms in total. The molecule has 0 saturated carbocycles. The van der Waals surface area contributed by atoms with Gasteiger partial charge in [0.05, 0.1) is 20.0 Å². The van der Waals surface area contributed by atoms with E-state index >= 15 is 0 Å². The van der Waals surface area contributed by atoms with Crippen molar-refractivity contribution < 1.29 is 0 Å². The summed E-state index contributed by atoms with van der Waals surface area (Å²) in [6.45, 7) is 4.67. The number of nitrogens with zero attached hydrogens (tertiary/aromatic N) is 4. The van der Waals surface area contributed by atoms with E-state index in [0.717, 1.165) is 5.69 Å². The number of anilines is 3. The Bertz CT molecular complexity index is 1200. The third kappa shape index (κ3) is 3.22. The van der Waals surface area contributed by atoms with Gasteiger partial charge in [0.25, 0.3) is 0 Å². The van der Waals surface area contributed by atoms with Gasteiger partial charge in [0.2, 0.25) is 0 Å². The fourth-order valence-electron chi connectivity index (χ4n) is 4.82. The second-order valence-corrected chi connectivity index (χ2v) is 11.0. The Morgan fingerprint density at radius 1 is 0.844 bits per heavy atom. The van der Waals surface area contributed by atoms with Crippen molar-refractivity contribution in [3.63, 3.8) is 0 Å². The summed E-state index contributed by atoms with van der Waals surface area (Å²) in [4.78, 5) is 4.51. The van der Waals surface area contributed by atoms with E-state index in [1.807, 2.05) is 0 Å². The topological polar surface area (TPSA) is 22.1 Å². The van der Waals surface area contributed by atoms with Gasteiger partial charge < -0.3 is 9.80 Å². The van der Waals surface area contributed by atoms with Crippen LogP contribution in [0.15, 0.2) is 95.0 Å². The second-order valence-electron chi connectivity index (χ2n) is 9.03. The highest BCUT2D eigenvalue weighted by molar-refractivity contribution is 7.72. The maximum atomic E-state index is 4.95. The summed E-state index contributed by atoms with van der Waals surface area (Å²) in [5.74, 6) is 0. The maximum Gasteiger partial charge on any atom is 0.0840 e. The van der Waals surface area contributed by atoms with E-state index in [-0.39, 0.29) is 5.41 Å². The third-order valence-electron chi connectivity index (χ3n) is 6.41. The molecule has 3 aromatic carbocycles. The second kappa shape index (κ2) is 7.79. The molecule has 0 spiro atoms. The van der Waals surface area contributed by atoms with E-state index in [1.54, 1.807) is 0 Å². The number of benzene rings is 3. The minimum absolute atomic E-state index is 0.0937. The summed E-state index contributed by atoms with van der Waals surface area (Å²) in [7, 11) is 5.51. The lowest BCUT2D eigenvalue weighted by molar-refractivity contribution is 0.640. The van der Waals surface area contributed by atoms with Gasteiger partial charge in [-0.3, -0.25) is 0 Å². The van der Waals surface area contributed by atoms with Crippen molar-refractivity contribution in [3.05, 3.63) is 95.4 Å². The molecule has 0 radical (unpaired) electrons. The zero-order valence-electron chi connectivity index (χ0n) is 19.3. The number of fused-ring (bicyclic) bond motifs is 1. The number of rotatable bonds is 3. The Kier molecular flexibility index (Phi) is 5.06. The first kappa shape index (κ1) is 20.8. The number of hydrogen-bond acceptors (Lipinski definition) is 4. The van der Waals surface area contributed by atoms with Crippen molar-refractivity contribution >= 4 is 36.7 Å². The van der Waals surface area contributed by atoms with Crippen LogP contribution >= 0.6 is 8.07 Å². The molecule has 2 aliphatic rings. The Morgan fingerprint density at radius 3 is 2.16 bits per heavy atom. The van der Waals surface area contributed by atoms with Gasteiger partial charge >= 0.3 is 0 Å². The predicted molar refractivity (Wildman–Crippen MR) is 140 cm³/mol. The molecule has 0 N–H and O–H groups in total.